The van der Waals surface area contributed by atoms with E-state index in [2.05, 4.69) is 14.4 Å². The molecule has 0 saturated heterocycles. The summed E-state index contributed by atoms with van der Waals surface area (Å²) in [6.45, 7) is 3.59. The fourth-order valence-corrected chi connectivity index (χ4v) is 8.11. The summed E-state index contributed by atoms with van der Waals surface area (Å²) in [5.74, 6) is -1.79. The number of amides is 1. The highest BCUT2D eigenvalue weighted by atomic mass is 32.2. The Morgan fingerprint density at radius 2 is 1.90 bits per heavy atom. The third kappa shape index (κ3) is 6.14. The van der Waals surface area contributed by atoms with Crippen LogP contribution in [0.4, 0.5) is 15.8 Å². The normalized spacial score (nSPS) is 23.9. The van der Waals surface area contributed by atoms with Gasteiger partial charge in [-0.15, -0.1) is 4.40 Å². The van der Waals surface area contributed by atoms with E-state index in [1.807, 2.05) is 0 Å². The van der Waals surface area contributed by atoms with Crippen molar-refractivity contribution >= 4 is 49.1 Å². The number of ether oxygens (including phenoxy) is 1. The molecule has 3 aliphatic rings. The molecular formula is C28H33FN4O7S2. The fraction of sp³-hybridized carbons (Fsp3) is 0.464. The Morgan fingerprint density at radius 1 is 1.17 bits per heavy atom. The number of benzene rings is 2. The monoisotopic (exact) mass is 620 g/mol. The first kappa shape index (κ1) is 30.0. The minimum atomic E-state index is -4.27. The van der Waals surface area contributed by atoms with Crippen LogP contribution in [0.15, 0.2) is 45.7 Å². The molecule has 0 radical (unpaired) electrons. The predicted molar refractivity (Wildman–Crippen MR) is 154 cm³/mol. The molecule has 11 nitrogen and oxygen atoms in total. The van der Waals surface area contributed by atoms with Gasteiger partial charge in [-0.2, -0.15) is 8.42 Å². The van der Waals surface area contributed by atoms with Crippen molar-refractivity contribution in [2.75, 3.05) is 22.9 Å². The molecule has 1 aliphatic heterocycles. The second-order valence-electron chi connectivity index (χ2n) is 11.1. The first-order valence-corrected chi connectivity index (χ1v) is 17.0. The van der Waals surface area contributed by atoms with Crippen LogP contribution in [-0.2, 0) is 40.9 Å². The van der Waals surface area contributed by atoms with Crippen LogP contribution in [0.1, 0.15) is 43.7 Å². The number of esters is 1. The van der Waals surface area contributed by atoms with Crippen LogP contribution in [0.5, 0.6) is 0 Å². The standard InChI is InChI=1S/C28H33FN4O7S2/c1-4-40-28(35)26-18-7-8-19(12-18)27(26)33(15-17-6-5-16(2)21(29)11-17)25(34)14-24-30-22-10-9-20(31-41(3,36)37)13-23(22)42(38,39)32-24/h5-6,9-11,13,18-19,26-27,31H,4,7-8,12,14-15H2,1-3H3,(H,30,32)/t18?,19-,26?,27?/m1/s1. The molecule has 2 aromatic carbocycles. The van der Waals surface area contributed by atoms with Crippen molar-refractivity contribution in [2.45, 2.75) is 57.0 Å². The Hall–Kier alpha value is -3.52. The van der Waals surface area contributed by atoms with Crippen LogP contribution >= 0.6 is 0 Å². The largest absolute Gasteiger partial charge is 0.466 e. The quantitative estimate of drug-likeness (QED) is 0.405. The number of nitrogens with zero attached hydrogens (tertiary/aromatic N) is 2. The first-order valence-electron chi connectivity index (χ1n) is 13.7. The van der Waals surface area contributed by atoms with Crippen molar-refractivity contribution < 1.29 is 35.6 Å². The van der Waals surface area contributed by atoms with Gasteiger partial charge in [0.15, 0.2) is 0 Å². The average Bonchev–Trinajstić information content (AvgIpc) is 3.51. The van der Waals surface area contributed by atoms with Crippen LogP contribution < -0.4 is 10.0 Å². The van der Waals surface area contributed by atoms with E-state index in [9.17, 15) is 30.8 Å². The molecule has 2 aliphatic carbocycles. The molecule has 0 aromatic heterocycles. The molecule has 3 unspecified atom stereocenters. The number of hydrogen-bond acceptors (Lipinski definition) is 8. The SMILES string of the molecule is CCOC(=O)C1C2CC[C@H](C2)C1N(Cc1ccc(C)c(F)c1)C(=O)CC1=NS(=O)(=O)c2cc(NS(C)(=O)=O)ccc2N1. The van der Waals surface area contributed by atoms with Gasteiger partial charge in [-0.3, -0.25) is 14.3 Å². The lowest BCUT2D eigenvalue weighted by Gasteiger charge is -2.39. The summed E-state index contributed by atoms with van der Waals surface area (Å²) in [4.78, 5) is 28.4. The number of aryl methyl sites for hydroxylation is 1. The van der Waals surface area contributed by atoms with Crippen molar-refractivity contribution in [3.8, 4) is 0 Å². The van der Waals surface area contributed by atoms with Gasteiger partial charge in [0.25, 0.3) is 10.0 Å². The van der Waals surface area contributed by atoms with Crippen molar-refractivity contribution in [3.05, 3.63) is 53.3 Å². The van der Waals surface area contributed by atoms with Gasteiger partial charge < -0.3 is 15.0 Å². The minimum absolute atomic E-state index is 0.0248. The summed E-state index contributed by atoms with van der Waals surface area (Å²) in [6.07, 6.45) is 2.98. The Kier molecular flexibility index (Phi) is 8.05. The molecule has 2 bridgehead atoms. The van der Waals surface area contributed by atoms with Gasteiger partial charge in [0.1, 0.15) is 16.5 Å². The molecule has 1 amide bonds. The molecule has 14 heteroatoms. The van der Waals surface area contributed by atoms with Crippen molar-refractivity contribution in [1.82, 2.24) is 4.90 Å². The van der Waals surface area contributed by atoms with E-state index in [-0.39, 0.29) is 53.1 Å². The predicted octanol–water partition coefficient (Wildman–Crippen LogP) is 3.42. The summed E-state index contributed by atoms with van der Waals surface area (Å²) in [7, 11) is -7.91. The highest BCUT2D eigenvalue weighted by Crippen LogP contribution is 2.51. The van der Waals surface area contributed by atoms with E-state index in [0.29, 0.717) is 11.1 Å². The molecule has 0 spiro atoms. The number of halogens is 1. The topological polar surface area (TPSA) is 151 Å². The zero-order chi connectivity index (χ0) is 30.4. The third-order valence-electron chi connectivity index (χ3n) is 8.09. The van der Waals surface area contributed by atoms with Crippen LogP contribution in [-0.4, -0.2) is 58.4 Å². The van der Waals surface area contributed by atoms with E-state index >= 15 is 0 Å². The number of hydrogen-bond donors (Lipinski definition) is 2. The van der Waals surface area contributed by atoms with Crippen molar-refractivity contribution in [3.63, 3.8) is 0 Å². The number of sulfonamides is 2. The van der Waals surface area contributed by atoms with Gasteiger partial charge in [0.2, 0.25) is 15.9 Å². The smallest absolute Gasteiger partial charge is 0.311 e. The molecular weight excluding hydrogens is 587 g/mol. The van der Waals surface area contributed by atoms with Gasteiger partial charge in [0.05, 0.1) is 30.9 Å². The highest BCUT2D eigenvalue weighted by molar-refractivity contribution is 7.92. The third-order valence-corrected chi connectivity index (χ3v) is 10.1. The molecule has 42 heavy (non-hydrogen) atoms. The lowest BCUT2D eigenvalue weighted by atomic mass is 9.83. The van der Waals surface area contributed by atoms with E-state index in [4.69, 9.17) is 4.74 Å². The molecule has 5 rings (SSSR count). The molecule has 2 aromatic rings. The number of fused-ring (bicyclic) bond motifs is 3. The number of rotatable bonds is 9. The first-order chi connectivity index (χ1) is 19.8. The summed E-state index contributed by atoms with van der Waals surface area (Å²) in [5, 5.41) is 2.88. The Balaban J connectivity index is 1.45. The maximum absolute atomic E-state index is 14.5. The van der Waals surface area contributed by atoms with Crippen LogP contribution in [0, 0.1) is 30.5 Å². The second-order valence-corrected chi connectivity index (χ2v) is 14.4. The second kappa shape index (κ2) is 11.3. The fourth-order valence-electron chi connectivity index (χ4n) is 6.38. The zero-order valence-corrected chi connectivity index (χ0v) is 25.1. The number of carbonyl (C=O) groups is 2. The van der Waals surface area contributed by atoms with E-state index in [1.165, 1.54) is 18.2 Å². The zero-order valence-electron chi connectivity index (χ0n) is 23.5. The number of nitrogens with one attached hydrogen (secondary N) is 2. The molecule has 2 N–H and O–H groups in total. The molecule has 4 atom stereocenters. The van der Waals surface area contributed by atoms with E-state index in [0.717, 1.165) is 31.6 Å². The summed E-state index contributed by atoms with van der Waals surface area (Å²) in [6, 6.07) is 8.16. The Morgan fingerprint density at radius 3 is 2.60 bits per heavy atom. The van der Waals surface area contributed by atoms with E-state index in [1.54, 1.807) is 30.9 Å². The average molecular weight is 621 g/mol. The Labute approximate surface area is 244 Å². The summed E-state index contributed by atoms with van der Waals surface area (Å²) < 4.78 is 75.2. The van der Waals surface area contributed by atoms with Crippen LogP contribution in [0.25, 0.3) is 0 Å². The van der Waals surface area contributed by atoms with Gasteiger partial charge >= 0.3 is 5.97 Å². The molecule has 2 fully saturated rings. The summed E-state index contributed by atoms with van der Waals surface area (Å²) in [5.41, 5.74) is 1.19. The number of anilines is 2. The van der Waals surface area contributed by atoms with Gasteiger partial charge in [-0.1, -0.05) is 12.1 Å². The molecule has 1 heterocycles. The number of carbonyl (C=O) groups excluding carboxylic acids is 2. The van der Waals surface area contributed by atoms with Crippen molar-refractivity contribution in [1.29, 1.82) is 0 Å². The number of amidine groups is 1. The van der Waals surface area contributed by atoms with Gasteiger partial charge in [-0.25, -0.2) is 12.8 Å². The lowest BCUT2D eigenvalue weighted by Crippen LogP contribution is -2.50. The molecule has 2 saturated carbocycles. The Bertz CT molecular complexity index is 1680. The van der Waals surface area contributed by atoms with Crippen LogP contribution in [0.2, 0.25) is 0 Å². The molecule has 226 valence electrons. The maximum Gasteiger partial charge on any atom is 0.311 e. The van der Waals surface area contributed by atoms with Crippen LogP contribution in [0.3, 0.4) is 0 Å². The van der Waals surface area contributed by atoms with E-state index < -0.39 is 50.2 Å². The summed E-state index contributed by atoms with van der Waals surface area (Å²) >= 11 is 0. The van der Waals surface area contributed by atoms with Crippen molar-refractivity contribution in [2.24, 2.45) is 22.2 Å². The lowest BCUT2D eigenvalue weighted by molar-refractivity contribution is -0.154. The maximum atomic E-state index is 14.5. The van der Waals surface area contributed by atoms with Gasteiger partial charge in [0, 0.05) is 18.3 Å². The minimum Gasteiger partial charge on any atom is -0.466 e. The highest BCUT2D eigenvalue weighted by Gasteiger charge is 2.54. The van der Waals surface area contributed by atoms with Gasteiger partial charge in [-0.05, 0) is 80.3 Å².